The third-order valence-corrected chi connectivity index (χ3v) is 4.65. The van der Waals surface area contributed by atoms with Gasteiger partial charge in [-0.3, -0.25) is 4.79 Å². The molecule has 0 spiro atoms. The Morgan fingerprint density at radius 1 is 1.17 bits per heavy atom. The van der Waals surface area contributed by atoms with Gasteiger partial charge in [0.25, 0.3) is 5.91 Å². The van der Waals surface area contributed by atoms with E-state index in [1.807, 2.05) is 42.5 Å². The van der Waals surface area contributed by atoms with E-state index in [2.05, 4.69) is 26.5 Å². The molecule has 2 aromatic rings. The van der Waals surface area contributed by atoms with Crippen molar-refractivity contribution in [2.75, 3.05) is 6.79 Å². The van der Waals surface area contributed by atoms with Gasteiger partial charge in [0.1, 0.15) is 0 Å². The molecule has 0 fully saturated rings. The zero-order valence-electron chi connectivity index (χ0n) is 12.4. The zero-order valence-corrected chi connectivity index (χ0v) is 14.8. The van der Waals surface area contributed by atoms with Gasteiger partial charge in [-0.25, -0.2) is 5.43 Å². The number of ether oxygens (including phenoxy) is 2. The highest BCUT2D eigenvalue weighted by molar-refractivity contribution is 9.11. The molecule has 0 atom stereocenters. The summed E-state index contributed by atoms with van der Waals surface area (Å²) in [4.78, 5) is 12.3. The number of rotatable bonds is 5. The number of nitrogens with zero attached hydrogens (tertiary/aromatic N) is 1. The van der Waals surface area contributed by atoms with Crippen LogP contribution in [0.15, 0.2) is 57.4 Å². The van der Waals surface area contributed by atoms with Crippen molar-refractivity contribution in [1.82, 2.24) is 5.43 Å². The topological polar surface area (TPSA) is 59.9 Å². The van der Waals surface area contributed by atoms with Crippen LogP contribution in [0.2, 0.25) is 0 Å². The Hall–Kier alpha value is -2.38. The van der Waals surface area contributed by atoms with Crippen LogP contribution in [-0.2, 0) is 0 Å². The van der Waals surface area contributed by atoms with Crippen LogP contribution >= 0.6 is 27.3 Å². The van der Waals surface area contributed by atoms with Crippen LogP contribution in [0.1, 0.15) is 15.2 Å². The lowest BCUT2D eigenvalue weighted by molar-refractivity contribution is 0.0959. The third-order valence-electron chi connectivity index (χ3n) is 3.03. The van der Waals surface area contributed by atoms with Crippen LogP contribution in [0.25, 0.3) is 6.08 Å². The first kappa shape index (κ1) is 16.5. The maximum atomic E-state index is 11.7. The standard InChI is InChI=1S/C17H13BrN2O3S/c18-16-8-7-15(24-16)17(21)20-19-9-3-1-2-4-12-5-6-13-14(10-12)23-11-22-13/h1-10H,11H2,(H,20,21)/b3-1+,4-2+,19-9+. The van der Waals surface area contributed by atoms with Gasteiger partial charge in [-0.15, -0.1) is 11.3 Å². The quantitative estimate of drug-likeness (QED) is 0.460. The molecule has 1 aliphatic rings. The smallest absolute Gasteiger partial charge is 0.281 e. The second-order valence-corrected chi connectivity index (χ2v) is 7.14. The molecule has 1 aliphatic heterocycles. The summed E-state index contributed by atoms with van der Waals surface area (Å²) in [6.45, 7) is 0.271. The lowest BCUT2D eigenvalue weighted by Crippen LogP contribution is -2.15. The van der Waals surface area contributed by atoms with E-state index < -0.39 is 0 Å². The minimum absolute atomic E-state index is 0.230. The van der Waals surface area contributed by atoms with Gasteiger partial charge in [0.05, 0.1) is 8.66 Å². The SMILES string of the molecule is O=C(N/N=C/C=C/C=C/c1ccc2c(c1)OCO2)c1ccc(Br)s1. The van der Waals surface area contributed by atoms with Crippen LogP contribution < -0.4 is 14.9 Å². The van der Waals surface area contributed by atoms with Gasteiger partial charge in [-0.2, -0.15) is 5.10 Å². The molecule has 1 N–H and O–H groups in total. The molecule has 0 saturated carbocycles. The molecule has 7 heteroatoms. The highest BCUT2D eigenvalue weighted by Crippen LogP contribution is 2.32. The average Bonchev–Trinajstić information content (AvgIpc) is 3.22. The molecule has 5 nitrogen and oxygen atoms in total. The molecule has 0 bridgehead atoms. The fourth-order valence-corrected chi connectivity index (χ4v) is 3.20. The Labute approximate surface area is 151 Å². The van der Waals surface area contributed by atoms with E-state index in [1.165, 1.54) is 17.6 Å². The van der Waals surface area contributed by atoms with Crippen LogP contribution in [0.4, 0.5) is 0 Å². The number of benzene rings is 1. The maximum absolute atomic E-state index is 11.7. The Morgan fingerprint density at radius 3 is 2.88 bits per heavy atom. The Bertz CT molecular complexity index is 827. The fourth-order valence-electron chi connectivity index (χ4n) is 1.93. The van der Waals surface area contributed by atoms with Crippen molar-refractivity contribution in [2.45, 2.75) is 0 Å². The molecule has 3 rings (SSSR count). The van der Waals surface area contributed by atoms with E-state index >= 15 is 0 Å². The van der Waals surface area contributed by atoms with Crippen LogP contribution in [0.5, 0.6) is 11.5 Å². The number of halogens is 1. The molecular weight excluding hydrogens is 392 g/mol. The summed E-state index contributed by atoms with van der Waals surface area (Å²) in [5.41, 5.74) is 3.47. The van der Waals surface area contributed by atoms with Crippen LogP contribution in [0, 0.1) is 0 Å². The van der Waals surface area contributed by atoms with Crippen molar-refractivity contribution in [3.05, 3.63) is 62.8 Å². The summed E-state index contributed by atoms with van der Waals surface area (Å²) in [6.07, 6.45) is 8.89. The zero-order chi connectivity index (χ0) is 16.8. The Kier molecular flexibility index (Phi) is 5.45. The van der Waals surface area contributed by atoms with Crippen molar-refractivity contribution in [3.8, 4) is 11.5 Å². The minimum atomic E-state index is -0.230. The molecule has 1 aromatic carbocycles. The van der Waals surface area contributed by atoms with Crippen molar-refractivity contribution in [2.24, 2.45) is 5.10 Å². The lowest BCUT2D eigenvalue weighted by Gasteiger charge is -1.96. The molecule has 0 saturated heterocycles. The van der Waals surface area contributed by atoms with Gasteiger partial charge in [-0.1, -0.05) is 24.3 Å². The number of thiophene rings is 1. The highest BCUT2D eigenvalue weighted by atomic mass is 79.9. The van der Waals surface area contributed by atoms with Gasteiger partial charge in [0.2, 0.25) is 6.79 Å². The van der Waals surface area contributed by atoms with E-state index in [-0.39, 0.29) is 12.7 Å². The monoisotopic (exact) mass is 404 g/mol. The van der Waals surface area contributed by atoms with E-state index in [0.29, 0.717) is 4.88 Å². The summed E-state index contributed by atoms with van der Waals surface area (Å²) in [5.74, 6) is 1.29. The molecule has 0 unspecified atom stereocenters. The molecule has 0 radical (unpaired) electrons. The van der Waals surface area contributed by atoms with Crippen molar-refractivity contribution in [1.29, 1.82) is 0 Å². The Morgan fingerprint density at radius 2 is 2.04 bits per heavy atom. The van der Waals surface area contributed by atoms with Gasteiger partial charge < -0.3 is 9.47 Å². The number of amides is 1. The number of carbonyl (C=O) groups is 1. The lowest BCUT2D eigenvalue weighted by atomic mass is 10.2. The molecule has 24 heavy (non-hydrogen) atoms. The van der Waals surface area contributed by atoms with E-state index in [0.717, 1.165) is 20.8 Å². The fraction of sp³-hybridized carbons (Fsp3) is 0.0588. The minimum Gasteiger partial charge on any atom is -0.454 e. The number of hydrogen-bond donors (Lipinski definition) is 1. The summed E-state index contributed by atoms with van der Waals surface area (Å²) < 4.78 is 11.5. The van der Waals surface area contributed by atoms with E-state index in [9.17, 15) is 4.79 Å². The summed E-state index contributed by atoms with van der Waals surface area (Å²) in [5, 5.41) is 3.86. The summed E-state index contributed by atoms with van der Waals surface area (Å²) >= 11 is 4.67. The first-order chi connectivity index (χ1) is 11.7. The van der Waals surface area contributed by atoms with Crippen molar-refractivity contribution >= 4 is 45.5 Å². The molecule has 2 heterocycles. The molecule has 1 amide bonds. The van der Waals surface area contributed by atoms with Crippen molar-refractivity contribution < 1.29 is 14.3 Å². The maximum Gasteiger partial charge on any atom is 0.281 e. The first-order valence-corrected chi connectivity index (χ1v) is 8.65. The van der Waals surface area contributed by atoms with Gasteiger partial charge in [0.15, 0.2) is 11.5 Å². The van der Waals surface area contributed by atoms with Gasteiger partial charge in [0, 0.05) is 6.21 Å². The van der Waals surface area contributed by atoms with Gasteiger partial charge in [-0.05, 0) is 51.8 Å². The number of carbonyl (C=O) groups excluding carboxylic acids is 1. The molecule has 122 valence electrons. The number of hydrazone groups is 1. The van der Waals surface area contributed by atoms with Gasteiger partial charge >= 0.3 is 0 Å². The molecular formula is C17H13BrN2O3S. The number of fused-ring (bicyclic) bond motifs is 1. The van der Waals surface area contributed by atoms with Crippen LogP contribution in [-0.4, -0.2) is 18.9 Å². The summed E-state index contributed by atoms with van der Waals surface area (Å²) in [6, 6.07) is 9.31. The highest BCUT2D eigenvalue weighted by Gasteiger charge is 2.11. The second-order valence-electron chi connectivity index (χ2n) is 4.68. The van der Waals surface area contributed by atoms with E-state index in [4.69, 9.17) is 9.47 Å². The first-order valence-electron chi connectivity index (χ1n) is 7.04. The number of hydrogen-bond acceptors (Lipinski definition) is 5. The summed E-state index contributed by atoms with van der Waals surface area (Å²) in [7, 11) is 0. The number of nitrogens with one attached hydrogen (secondary N) is 1. The normalized spacial score (nSPS) is 13.4. The third kappa shape index (κ3) is 4.33. The predicted octanol–water partition coefficient (Wildman–Crippen LogP) is 4.22. The largest absolute Gasteiger partial charge is 0.454 e. The average molecular weight is 405 g/mol. The van der Waals surface area contributed by atoms with Crippen LogP contribution in [0.3, 0.4) is 0 Å². The van der Waals surface area contributed by atoms with E-state index in [1.54, 1.807) is 12.1 Å². The molecule has 0 aliphatic carbocycles. The molecule has 1 aromatic heterocycles. The predicted molar refractivity (Wildman–Crippen MR) is 98.7 cm³/mol. The second kappa shape index (κ2) is 7.94. The van der Waals surface area contributed by atoms with Crippen molar-refractivity contribution in [3.63, 3.8) is 0 Å². The number of allylic oxidation sites excluding steroid dienone is 3. The Balaban J connectivity index is 1.47.